The van der Waals surface area contributed by atoms with E-state index in [4.69, 9.17) is 17.0 Å². The molecule has 1 aromatic heterocycles. The minimum absolute atomic E-state index is 0.177. The highest BCUT2D eigenvalue weighted by Crippen LogP contribution is 2.39. The van der Waals surface area contributed by atoms with Crippen LogP contribution in [0.3, 0.4) is 0 Å². The maximum atomic E-state index is 12.3. The smallest absolute Gasteiger partial charge is 0.250 e. The molecule has 0 amide bonds. The molecule has 0 radical (unpaired) electrons. The standard InChI is InChI=1S/C24H37N5O2S/c1-31-8-6-25-24(32)26-11-21-10-18-5-7-28(21)16-20(18)15-27-12-17-9-19(14-27)22-3-2-4-23(30)29(22)13-17/h2-4,17-21H,5-16H2,1H3,(H2,25,26,32). The number of thiocarbonyl (C=S) groups is 1. The lowest BCUT2D eigenvalue weighted by Gasteiger charge is -2.52. The second kappa shape index (κ2) is 9.79. The Balaban J connectivity index is 1.13. The highest BCUT2D eigenvalue weighted by molar-refractivity contribution is 7.80. The van der Waals surface area contributed by atoms with E-state index in [9.17, 15) is 4.79 Å². The van der Waals surface area contributed by atoms with E-state index in [2.05, 4.69) is 26.5 Å². The summed E-state index contributed by atoms with van der Waals surface area (Å²) in [6.45, 7) is 9.14. The summed E-state index contributed by atoms with van der Waals surface area (Å²) < 4.78 is 7.11. The lowest BCUT2D eigenvalue weighted by molar-refractivity contribution is -0.0189. The van der Waals surface area contributed by atoms with Gasteiger partial charge in [0.2, 0.25) is 0 Å². The number of nitrogens with one attached hydrogen (secondary N) is 2. The van der Waals surface area contributed by atoms with E-state index in [1.165, 1.54) is 44.6 Å². The molecule has 4 fully saturated rings. The van der Waals surface area contributed by atoms with Gasteiger partial charge < -0.3 is 24.8 Å². The molecule has 2 N–H and O–H groups in total. The van der Waals surface area contributed by atoms with E-state index < -0.39 is 0 Å². The highest BCUT2D eigenvalue weighted by atomic mass is 32.1. The minimum atomic E-state index is 0.177. The lowest BCUT2D eigenvalue weighted by atomic mass is 9.74. The number of rotatable bonds is 7. The molecule has 6 atom stereocenters. The molecule has 0 aliphatic carbocycles. The van der Waals surface area contributed by atoms with Gasteiger partial charge >= 0.3 is 0 Å². The van der Waals surface area contributed by atoms with Crippen LogP contribution in [-0.2, 0) is 11.3 Å². The van der Waals surface area contributed by atoms with E-state index in [-0.39, 0.29) is 5.56 Å². The number of aromatic nitrogens is 1. The SMILES string of the molecule is COCCNC(=S)NCC1CC2CCN1CC2CN1CC2CC(C1)c1cccc(=O)n1C2. The number of piperidine rings is 4. The quantitative estimate of drug-likeness (QED) is 0.468. The number of likely N-dealkylation sites (tertiary alicyclic amines) is 1. The van der Waals surface area contributed by atoms with Crippen molar-refractivity contribution in [3.63, 3.8) is 0 Å². The van der Waals surface area contributed by atoms with Gasteiger partial charge in [-0.1, -0.05) is 6.07 Å². The van der Waals surface area contributed by atoms with Gasteiger partial charge in [0.05, 0.1) is 6.61 Å². The van der Waals surface area contributed by atoms with Crippen molar-refractivity contribution in [3.8, 4) is 0 Å². The number of hydrogen-bond acceptors (Lipinski definition) is 5. The summed E-state index contributed by atoms with van der Waals surface area (Å²) in [4.78, 5) is 17.7. The molecule has 6 unspecified atom stereocenters. The maximum Gasteiger partial charge on any atom is 0.250 e. The molecule has 176 valence electrons. The molecular weight excluding hydrogens is 422 g/mol. The summed E-state index contributed by atoms with van der Waals surface area (Å²) in [5.74, 6) is 2.72. The first kappa shape index (κ1) is 22.3. The molecule has 6 rings (SSSR count). The molecular formula is C24H37N5O2S. The molecule has 6 heterocycles. The van der Waals surface area contributed by atoms with Crippen LogP contribution in [0.4, 0.5) is 0 Å². The molecule has 0 saturated carbocycles. The van der Waals surface area contributed by atoms with Crippen molar-refractivity contribution in [2.75, 3.05) is 59.5 Å². The van der Waals surface area contributed by atoms with Crippen LogP contribution in [0.25, 0.3) is 0 Å². The number of ether oxygens (including phenoxy) is 1. The van der Waals surface area contributed by atoms with Crippen LogP contribution in [0.2, 0.25) is 0 Å². The summed E-state index contributed by atoms with van der Waals surface area (Å²) >= 11 is 5.40. The van der Waals surface area contributed by atoms with Crippen molar-refractivity contribution in [2.24, 2.45) is 17.8 Å². The minimum Gasteiger partial charge on any atom is -0.383 e. The van der Waals surface area contributed by atoms with Gasteiger partial charge in [-0.15, -0.1) is 0 Å². The van der Waals surface area contributed by atoms with Crippen LogP contribution < -0.4 is 16.2 Å². The Morgan fingerprint density at radius 2 is 2.09 bits per heavy atom. The Labute approximate surface area is 196 Å². The van der Waals surface area contributed by atoms with Crippen LogP contribution in [-0.4, -0.2) is 85.1 Å². The summed E-state index contributed by atoms with van der Waals surface area (Å²) in [6.07, 6.45) is 3.85. The first-order valence-corrected chi connectivity index (χ1v) is 12.7. The van der Waals surface area contributed by atoms with E-state index in [1.807, 2.05) is 10.6 Å². The Morgan fingerprint density at radius 3 is 2.91 bits per heavy atom. The van der Waals surface area contributed by atoms with Crippen LogP contribution in [0.15, 0.2) is 23.0 Å². The zero-order valence-corrected chi connectivity index (χ0v) is 20.0. The second-order valence-corrected chi connectivity index (χ2v) is 10.6. The largest absolute Gasteiger partial charge is 0.383 e. The third-order valence-corrected chi connectivity index (χ3v) is 8.44. The molecule has 8 heteroatoms. The molecule has 1 aromatic rings. The average molecular weight is 460 g/mol. The van der Waals surface area contributed by atoms with Crippen LogP contribution in [0.5, 0.6) is 0 Å². The van der Waals surface area contributed by atoms with Crippen LogP contribution in [0, 0.1) is 17.8 Å². The van der Waals surface area contributed by atoms with Gasteiger partial charge in [0.25, 0.3) is 5.56 Å². The van der Waals surface area contributed by atoms with Gasteiger partial charge in [0.1, 0.15) is 0 Å². The number of hydrogen-bond donors (Lipinski definition) is 2. The Kier molecular flexibility index (Phi) is 6.83. The molecule has 32 heavy (non-hydrogen) atoms. The summed E-state index contributed by atoms with van der Waals surface area (Å²) in [6, 6.07) is 6.41. The summed E-state index contributed by atoms with van der Waals surface area (Å²) in [7, 11) is 1.71. The van der Waals surface area contributed by atoms with Crippen molar-refractivity contribution < 1.29 is 4.74 Å². The lowest BCUT2D eigenvalue weighted by Crippen LogP contribution is -2.59. The molecule has 4 bridgehead atoms. The number of pyridine rings is 1. The molecule has 4 saturated heterocycles. The van der Waals surface area contributed by atoms with Gasteiger partial charge in [0.15, 0.2) is 5.11 Å². The molecule has 0 spiro atoms. The topological polar surface area (TPSA) is 61.8 Å². The Bertz CT molecular complexity index is 876. The maximum absolute atomic E-state index is 12.3. The van der Waals surface area contributed by atoms with Crippen LogP contribution in [0.1, 0.15) is 30.9 Å². The normalized spacial score (nSPS) is 33.5. The average Bonchev–Trinajstić information content (AvgIpc) is 2.79. The summed E-state index contributed by atoms with van der Waals surface area (Å²) in [5.41, 5.74) is 1.43. The third-order valence-electron chi connectivity index (χ3n) is 8.15. The first-order valence-electron chi connectivity index (χ1n) is 12.3. The van der Waals surface area contributed by atoms with E-state index in [1.54, 1.807) is 13.2 Å². The predicted molar refractivity (Wildman–Crippen MR) is 130 cm³/mol. The van der Waals surface area contributed by atoms with Gasteiger partial charge in [-0.2, -0.15) is 0 Å². The van der Waals surface area contributed by atoms with Crippen molar-refractivity contribution in [1.82, 2.24) is 25.0 Å². The molecule has 0 aromatic carbocycles. The molecule has 7 nitrogen and oxygen atoms in total. The van der Waals surface area contributed by atoms with E-state index in [0.717, 1.165) is 49.7 Å². The number of fused-ring (bicyclic) bond motifs is 7. The van der Waals surface area contributed by atoms with Crippen molar-refractivity contribution in [3.05, 3.63) is 34.2 Å². The monoisotopic (exact) mass is 459 g/mol. The highest BCUT2D eigenvalue weighted by Gasteiger charge is 2.42. The van der Waals surface area contributed by atoms with Gasteiger partial charge in [-0.05, 0) is 61.8 Å². The van der Waals surface area contributed by atoms with Crippen LogP contribution >= 0.6 is 12.2 Å². The van der Waals surface area contributed by atoms with Crippen molar-refractivity contribution >= 4 is 17.3 Å². The molecule has 5 aliphatic rings. The molecule has 5 aliphatic heterocycles. The third kappa shape index (κ3) is 4.74. The van der Waals surface area contributed by atoms with Crippen molar-refractivity contribution in [1.29, 1.82) is 0 Å². The summed E-state index contributed by atoms with van der Waals surface area (Å²) in [5, 5.41) is 7.36. The van der Waals surface area contributed by atoms with E-state index in [0.29, 0.717) is 24.5 Å². The number of nitrogens with zero attached hydrogens (tertiary/aromatic N) is 3. The number of methoxy groups -OCH3 is 1. The fourth-order valence-electron chi connectivity index (χ4n) is 6.68. The van der Waals surface area contributed by atoms with E-state index >= 15 is 0 Å². The predicted octanol–water partition coefficient (Wildman–Crippen LogP) is 1.09. The van der Waals surface area contributed by atoms with Gasteiger partial charge in [0, 0.05) is 76.6 Å². The zero-order valence-electron chi connectivity index (χ0n) is 19.2. The fourth-order valence-corrected chi connectivity index (χ4v) is 6.87. The van der Waals surface area contributed by atoms with Crippen molar-refractivity contribution in [2.45, 2.75) is 37.8 Å². The Hall–Kier alpha value is -1.48. The second-order valence-electron chi connectivity index (χ2n) is 10.2. The van der Waals surface area contributed by atoms with Gasteiger partial charge in [-0.25, -0.2) is 0 Å². The first-order chi connectivity index (χ1) is 15.6. The fraction of sp³-hybridized carbons (Fsp3) is 0.750. The van der Waals surface area contributed by atoms with Gasteiger partial charge in [-0.3, -0.25) is 9.69 Å². The zero-order chi connectivity index (χ0) is 22.1. The Morgan fingerprint density at radius 1 is 1.19 bits per heavy atom.